The predicted octanol–water partition coefficient (Wildman–Crippen LogP) is 1.26. The minimum atomic E-state index is 0.431. The lowest BCUT2D eigenvalue weighted by Crippen LogP contribution is -2.26. The van der Waals surface area contributed by atoms with Gasteiger partial charge in [0.1, 0.15) is 12.1 Å². The van der Waals surface area contributed by atoms with E-state index in [2.05, 4.69) is 30.2 Å². The van der Waals surface area contributed by atoms with Gasteiger partial charge in [-0.2, -0.15) is 0 Å². The highest BCUT2D eigenvalue weighted by Crippen LogP contribution is 2.16. The molecule has 0 bridgehead atoms. The van der Waals surface area contributed by atoms with Crippen LogP contribution < -0.4 is 5.32 Å². The second kappa shape index (κ2) is 5.92. The van der Waals surface area contributed by atoms with E-state index in [1.807, 2.05) is 19.2 Å². The average Bonchev–Trinajstić information content (AvgIpc) is 2.87. The zero-order valence-corrected chi connectivity index (χ0v) is 11.5. The molecule has 1 N–H and O–H groups in total. The highest BCUT2D eigenvalue weighted by atomic mass is 15.2. The molecule has 0 aliphatic carbocycles. The fraction of sp³-hybridized carbons (Fsp3) is 0.429. The maximum atomic E-state index is 4.32. The van der Waals surface area contributed by atoms with Crippen LogP contribution in [0.15, 0.2) is 31.0 Å². The summed E-state index contributed by atoms with van der Waals surface area (Å²) < 4.78 is 0. The normalized spacial score (nSPS) is 19.1. The van der Waals surface area contributed by atoms with E-state index >= 15 is 0 Å². The van der Waals surface area contributed by atoms with Gasteiger partial charge in [-0.05, 0) is 13.3 Å². The molecule has 1 saturated heterocycles. The fourth-order valence-electron chi connectivity index (χ4n) is 2.48. The lowest BCUT2D eigenvalue weighted by atomic mass is 10.2. The highest BCUT2D eigenvalue weighted by Gasteiger charge is 2.22. The second-order valence-electron chi connectivity index (χ2n) is 5.11. The van der Waals surface area contributed by atoms with E-state index in [-0.39, 0.29) is 0 Å². The van der Waals surface area contributed by atoms with Gasteiger partial charge in [0.05, 0.1) is 5.69 Å². The van der Waals surface area contributed by atoms with Crippen molar-refractivity contribution in [1.82, 2.24) is 24.8 Å². The molecule has 6 heteroatoms. The van der Waals surface area contributed by atoms with Crippen molar-refractivity contribution in [2.75, 3.05) is 18.4 Å². The Hall–Kier alpha value is -2.08. The molecule has 1 fully saturated rings. The van der Waals surface area contributed by atoms with E-state index in [0.29, 0.717) is 6.04 Å². The van der Waals surface area contributed by atoms with Crippen LogP contribution in [0.4, 0.5) is 5.82 Å². The summed E-state index contributed by atoms with van der Waals surface area (Å²) in [6, 6.07) is 2.41. The molecule has 1 unspecified atom stereocenters. The molecule has 3 rings (SSSR count). The number of hydrogen-bond donors (Lipinski definition) is 1. The van der Waals surface area contributed by atoms with Crippen LogP contribution in [0, 0.1) is 6.92 Å². The molecule has 0 aromatic carbocycles. The lowest BCUT2D eigenvalue weighted by Gasteiger charge is -2.16. The Kier molecular flexibility index (Phi) is 3.83. The molecule has 1 atom stereocenters. The van der Waals surface area contributed by atoms with Crippen LogP contribution in [0.2, 0.25) is 0 Å². The molecule has 0 radical (unpaired) electrons. The molecule has 2 aromatic rings. The van der Waals surface area contributed by atoms with Gasteiger partial charge in [-0.15, -0.1) is 0 Å². The molecular weight excluding hydrogens is 252 g/mol. The van der Waals surface area contributed by atoms with Gasteiger partial charge in [0.15, 0.2) is 0 Å². The second-order valence-corrected chi connectivity index (χ2v) is 5.11. The van der Waals surface area contributed by atoms with Crippen LogP contribution in [0.1, 0.15) is 17.8 Å². The molecule has 0 spiro atoms. The van der Waals surface area contributed by atoms with E-state index in [1.54, 1.807) is 18.7 Å². The average molecular weight is 270 g/mol. The van der Waals surface area contributed by atoms with Gasteiger partial charge in [-0.3, -0.25) is 14.9 Å². The summed E-state index contributed by atoms with van der Waals surface area (Å²) in [6.07, 6.45) is 7.99. The Balaban J connectivity index is 1.54. The standard InChI is InChI=1S/C14H18N6/c1-11-6-14(18-10-17-11)19-12-2-5-20(8-12)9-13-7-15-3-4-16-13/h3-4,6-7,10,12H,2,5,8-9H2,1H3,(H,17,18,19). The van der Waals surface area contributed by atoms with Crippen LogP contribution >= 0.6 is 0 Å². The number of anilines is 1. The number of rotatable bonds is 4. The first-order chi connectivity index (χ1) is 9.79. The quantitative estimate of drug-likeness (QED) is 0.902. The van der Waals surface area contributed by atoms with Crippen molar-refractivity contribution in [3.8, 4) is 0 Å². The van der Waals surface area contributed by atoms with Crippen molar-refractivity contribution in [3.05, 3.63) is 42.4 Å². The molecule has 104 valence electrons. The third-order valence-corrected chi connectivity index (χ3v) is 3.43. The Labute approximate surface area is 118 Å². The fourth-order valence-corrected chi connectivity index (χ4v) is 2.48. The molecule has 1 aliphatic heterocycles. The Morgan fingerprint density at radius 1 is 1.30 bits per heavy atom. The molecule has 6 nitrogen and oxygen atoms in total. The van der Waals surface area contributed by atoms with Crippen molar-refractivity contribution in [3.63, 3.8) is 0 Å². The van der Waals surface area contributed by atoms with E-state index in [9.17, 15) is 0 Å². The SMILES string of the molecule is Cc1cc(NC2CCN(Cc3cnccn3)C2)ncn1. The maximum Gasteiger partial charge on any atom is 0.129 e. The van der Waals surface area contributed by atoms with Crippen molar-refractivity contribution in [2.24, 2.45) is 0 Å². The minimum absolute atomic E-state index is 0.431. The topological polar surface area (TPSA) is 66.8 Å². The molecule has 0 amide bonds. The molecule has 2 aromatic heterocycles. The van der Waals surface area contributed by atoms with Crippen LogP contribution in [-0.4, -0.2) is 44.0 Å². The first-order valence-electron chi connectivity index (χ1n) is 6.82. The first kappa shape index (κ1) is 12.9. The van der Waals surface area contributed by atoms with Crippen molar-refractivity contribution < 1.29 is 0 Å². The maximum absolute atomic E-state index is 4.32. The summed E-state index contributed by atoms with van der Waals surface area (Å²) in [4.78, 5) is 19.2. The summed E-state index contributed by atoms with van der Waals surface area (Å²) in [7, 11) is 0. The monoisotopic (exact) mass is 270 g/mol. The van der Waals surface area contributed by atoms with Crippen LogP contribution in [0.3, 0.4) is 0 Å². The van der Waals surface area contributed by atoms with Gasteiger partial charge in [-0.1, -0.05) is 0 Å². The van der Waals surface area contributed by atoms with E-state index in [4.69, 9.17) is 0 Å². The largest absolute Gasteiger partial charge is 0.366 e. The van der Waals surface area contributed by atoms with Crippen LogP contribution in [-0.2, 0) is 6.54 Å². The first-order valence-corrected chi connectivity index (χ1v) is 6.82. The number of hydrogen-bond acceptors (Lipinski definition) is 6. The zero-order chi connectivity index (χ0) is 13.8. The summed E-state index contributed by atoms with van der Waals surface area (Å²) >= 11 is 0. The van der Waals surface area contributed by atoms with Gasteiger partial charge < -0.3 is 5.32 Å². The number of aromatic nitrogens is 4. The third kappa shape index (κ3) is 3.27. The van der Waals surface area contributed by atoms with Gasteiger partial charge in [-0.25, -0.2) is 9.97 Å². The van der Waals surface area contributed by atoms with E-state index in [1.165, 1.54) is 0 Å². The van der Waals surface area contributed by atoms with Gasteiger partial charge in [0.2, 0.25) is 0 Å². The molecule has 20 heavy (non-hydrogen) atoms. The van der Waals surface area contributed by atoms with E-state index < -0.39 is 0 Å². The van der Waals surface area contributed by atoms with Gasteiger partial charge >= 0.3 is 0 Å². The van der Waals surface area contributed by atoms with Crippen molar-refractivity contribution in [2.45, 2.75) is 25.9 Å². The summed E-state index contributed by atoms with van der Waals surface area (Å²) in [5, 5.41) is 3.47. The number of nitrogens with one attached hydrogen (secondary N) is 1. The Bertz CT molecular complexity index is 559. The van der Waals surface area contributed by atoms with Gasteiger partial charge in [0.25, 0.3) is 0 Å². The number of aryl methyl sites for hydroxylation is 1. The van der Waals surface area contributed by atoms with Crippen molar-refractivity contribution in [1.29, 1.82) is 0 Å². The molecular formula is C14H18N6. The summed E-state index contributed by atoms with van der Waals surface area (Å²) in [5.74, 6) is 0.906. The highest BCUT2D eigenvalue weighted by molar-refractivity contribution is 5.36. The molecule has 0 saturated carbocycles. The number of nitrogens with zero attached hydrogens (tertiary/aromatic N) is 5. The molecule has 1 aliphatic rings. The van der Waals surface area contributed by atoms with E-state index in [0.717, 1.165) is 43.3 Å². The smallest absolute Gasteiger partial charge is 0.129 e. The Morgan fingerprint density at radius 3 is 3.05 bits per heavy atom. The van der Waals surface area contributed by atoms with Crippen LogP contribution in [0.25, 0.3) is 0 Å². The predicted molar refractivity (Wildman–Crippen MR) is 76.1 cm³/mol. The number of likely N-dealkylation sites (tertiary alicyclic amines) is 1. The van der Waals surface area contributed by atoms with Crippen LogP contribution in [0.5, 0.6) is 0 Å². The summed E-state index contributed by atoms with van der Waals surface area (Å²) in [6.45, 7) is 4.90. The minimum Gasteiger partial charge on any atom is -0.366 e. The Morgan fingerprint density at radius 2 is 2.25 bits per heavy atom. The van der Waals surface area contributed by atoms with Gasteiger partial charge in [0, 0.05) is 56.0 Å². The third-order valence-electron chi connectivity index (χ3n) is 3.43. The molecule has 3 heterocycles. The lowest BCUT2D eigenvalue weighted by molar-refractivity contribution is 0.324. The van der Waals surface area contributed by atoms with Crippen molar-refractivity contribution >= 4 is 5.82 Å². The summed E-state index contributed by atoms with van der Waals surface area (Å²) in [5.41, 5.74) is 2.00. The zero-order valence-electron chi connectivity index (χ0n) is 11.5.